The molecule has 0 bridgehead atoms. The number of benzene rings is 1. The monoisotopic (exact) mass is 394 g/mol. The fraction of sp³-hybridized carbons (Fsp3) is 0.444. The molecule has 0 spiro atoms. The Bertz CT molecular complexity index is 789. The van der Waals surface area contributed by atoms with Crippen molar-refractivity contribution in [2.75, 3.05) is 32.7 Å². The average molecular weight is 395 g/mol. The number of hydrogen-bond acceptors (Lipinski definition) is 3. The van der Waals surface area contributed by atoms with Crippen molar-refractivity contribution in [2.24, 2.45) is 0 Å². The lowest BCUT2D eigenvalue weighted by Crippen LogP contribution is -2.44. The lowest BCUT2D eigenvalue weighted by Gasteiger charge is -2.26. The predicted octanol–water partition coefficient (Wildman–Crippen LogP) is 2.54. The van der Waals surface area contributed by atoms with Crippen LogP contribution in [0.2, 0.25) is 10.0 Å². The molecule has 0 aromatic heterocycles. The summed E-state index contributed by atoms with van der Waals surface area (Å²) in [5.41, 5.74) is 2.01. The van der Waals surface area contributed by atoms with Crippen molar-refractivity contribution in [3.8, 4) is 0 Å². The van der Waals surface area contributed by atoms with Crippen LogP contribution in [0.15, 0.2) is 29.5 Å². The van der Waals surface area contributed by atoms with Gasteiger partial charge in [-0.1, -0.05) is 29.3 Å². The molecule has 4 rings (SSSR count). The Kier molecular flexibility index (Phi) is 4.82. The molecule has 8 heteroatoms. The molecule has 3 heterocycles. The smallest absolute Gasteiger partial charge is 0.319 e. The second-order valence-electron chi connectivity index (χ2n) is 6.87. The topological polar surface area (TPSA) is 64.7 Å². The van der Waals surface area contributed by atoms with Crippen LogP contribution in [0.3, 0.4) is 0 Å². The van der Waals surface area contributed by atoms with Crippen LogP contribution in [0, 0.1) is 0 Å². The Morgan fingerprint density at radius 2 is 1.85 bits per heavy atom. The molecule has 1 unspecified atom stereocenters. The number of nitrogens with zero attached hydrogens (tertiary/aromatic N) is 2. The molecule has 1 aromatic rings. The lowest BCUT2D eigenvalue weighted by molar-refractivity contribution is -0.126. The first-order valence-electron chi connectivity index (χ1n) is 8.80. The van der Waals surface area contributed by atoms with E-state index in [2.05, 4.69) is 15.5 Å². The van der Waals surface area contributed by atoms with Crippen LogP contribution in [0.4, 0.5) is 4.79 Å². The summed E-state index contributed by atoms with van der Waals surface area (Å²) < 4.78 is 0. The number of amides is 3. The largest absolute Gasteiger partial charge is 0.332 e. The number of halogens is 2. The van der Waals surface area contributed by atoms with Gasteiger partial charge in [-0.15, -0.1) is 0 Å². The van der Waals surface area contributed by atoms with E-state index < -0.39 is 6.04 Å². The van der Waals surface area contributed by atoms with Gasteiger partial charge < -0.3 is 20.4 Å². The summed E-state index contributed by atoms with van der Waals surface area (Å²) in [4.78, 5) is 29.2. The first kappa shape index (κ1) is 17.6. The van der Waals surface area contributed by atoms with Crippen molar-refractivity contribution in [1.82, 2.24) is 20.4 Å². The molecule has 3 amide bonds. The van der Waals surface area contributed by atoms with Gasteiger partial charge in [0.05, 0.1) is 33.9 Å². The van der Waals surface area contributed by atoms with Crippen molar-refractivity contribution < 1.29 is 9.59 Å². The van der Waals surface area contributed by atoms with E-state index in [0.717, 1.165) is 25.2 Å². The minimum Gasteiger partial charge on any atom is -0.332 e. The fourth-order valence-electron chi connectivity index (χ4n) is 3.82. The minimum absolute atomic E-state index is 0.0391. The summed E-state index contributed by atoms with van der Waals surface area (Å²) in [6.07, 6.45) is 2.45. The highest BCUT2D eigenvalue weighted by atomic mass is 35.5. The maximum absolute atomic E-state index is 13.0. The summed E-state index contributed by atoms with van der Waals surface area (Å²) in [6, 6.07) is 4.34. The zero-order valence-electron chi connectivity index (χ0n) is 14.2. The fourth-order valence-corrected chi connectivity index (χ4v) is 4.13. The predicted molar refractivity (Wildman–Crippen MR) is 100 cm³/mol. The second-order valence-corrected chi connectivity index (χ2v) is 7.69. The van der Waals surface area contributed by atoms with Gasteiger partial charge in [-0.2, -0.15) is 0 Å². The molecular formula is C18H20Cl2N4O2. The zero-order chi connectivity index (χ0) is 18.3. The Balaban J connectivity index is 1.55. The van der Waals surface area contributed by atoms with Crippen LogP contribution in [-0.2, 0) is 4.79 Å². The third-order valence-electron chi connectivity index (χ3n) is 5.18. The van der Waals surface area contributed by atoms with E-state index in [-0.39, 0.29) is 11.9 Å². The van der Waals surface area contributed by atoms with Crippen LogP contribution in [-0.4, -0.2) is 54.5 Å². The van der Waals surface area contributed by atoms with Crippen molar-refractivity contribution in [3.05, 3.63) is 45.1 Å². The second kappa shape index (κ2) is 7.10. The summed E-state index contributed by atoms with van der Waals surface area (Å²) in [5, 5.41) is 6.46. The molecule has 1 atom stereocenters. The third kappa shape index (κ3) is 3.29. The number of nitrogens with one attached hydrogen (secondary N) is 2. The molecule has 0 saturated carbocycles. The molecule has 6 nitrogen and oxygen atoms in total. The number of likely N-dealkylation sites (tertiary alicyclic amines) is 1. The third-order valence-corrected chi connectivity index (χ3v) is 5.92. The molecule has 3 aliphatic heterocycles. The molecule has 1 fully saturated rings. The van der Waals surface area contributed by atoms with E-state index in [4.69, 9.17) is 23.2 Å². The normalized spacial score (nSPS) is 23.3. The molecule has 1 saturated heterocycles. The summed E-state index contributed by atoms with van der Waals surface area (Å²) in [6.45, 7) is 4.16. The molecule has 0 radical (unpaired) electrons. The Morgan fingerprint density at radius 1 is 1.08 bits per heavy atom. The first-order valence-corrected chi connectivity index (χ1v) is 9.55. The Labute approximate surface area is 162 Å². The number of hydrogen-bond donors (Lipinski definition) is 2. The van der Waals surface area contributed by atoms with Crippen LogP contribution in [0.25, 0.3) is 0 Å². The molecule has 1 aromatic carbocycles. The maximum atomic E-state index is 13.0. The van der Waals surface area contributed by atoms with E-state index in [1.54, 1.807) is 23.1 Å². The average Bonchev–Trinajstić information content (AvgIpc) is 3.23. The number of carbonyl (C=O) groups excluding carboxylic acids is 2. The van der Waals surface area contributed by atoms with Crippen LogP contribution >= 0.6 is 23.2 Å². The summed E-state index contributed by atoms with van der Waals surface area (Å²) >= 11 is 12.1. The van der Waals surface area contributed by atoms with Gasteiger partial charge in [0.1, 0.15) is 0 Å². The molecule has 2 N–H and O–H groups in total. The van der Waals surface area contributed by atoms with E-state index in [1.807, 2.05) is 0 Å². The van der Waals surface area contributed by atoms with Gasteiger partial charge in [0.25, 0.3) is 5.91 Å². The van der Waals surface area contributed by atoms with Crippen molar-refractivity contribution in [3.63, 3.8) is 0 Å². The van der Waals surface area contributed by atoms with Crippen LogP contribution in [0.5, 0.6) is 0 Å². The summed E-state index contributed by atoms with van der Waals surface area (Å²) in [7, 11) is 0. The van der Waals surface area contributed by atoms with Gasteiger partial charge in [-0.05, 0) is 43.6 Å². The molecule has 138 valence electrons. The number of rotatable bonds is 4. The van der Waals surface area contributed by atoms with Gasteiger partial charge >= 0.3 is 6.03 Å². The quantitative estimate of drug-likeness (QED) is 0.824. The molecular weight excluding hydrogens is 375 g/mol. The van der Waals surface area contributed by atoms with Crippen LogP contribution < -0.4 is 10.6 Å². The Hall–Kier alpha value is -1.76. The van der Waals surface area contributed by atoms with Crippen molar-refractivity contribution in [2.45, 2.75) is 18.9 Å². The van der Waals surface area contributed by atoms with E-state index in [1.165, 1.54) is 12.8 Å². The van der Waals surface area contributed by atoms with Crippen molar-refractivity contribution >= 4 is 35.1 Å². The van der Waals surface area contributed by atoms with Gasteiger partial charge in [-0.25, -0.2) is 4.79 Å². The van der Waals surface area contributed by atoms with Gasteiger partial charge in [0.15, 0.2) is 0 Å². The van der Waals surface area contributed by atoms with E-state index in [0.29, 0.717) is 34.4 Å². The van der Waals surface area contributed by atoms with Crippen LogP contribution in [0.1, 0.15) is 24.4 Å². The number of carbonyl (C=O) groups is 2. The highest BCUT2D eigenvalue weighted by Crippen LogP contribution is 2.34. The number of urea groups is 1. The van der Waals surface area contributed by atoms with Gasteiger partial charge in [-0.3, -0.25) is 4.79 Å². The molecule has 3 aliphatic rings. The maximum Gasteiger partial charge on any atom is 0.319 e. The first-order chi connectivity index (χ1) is 12.5. The SMILES string of the molecule is O=C1NC2=C(C(=O)N(CCN3CCCC3)C2)C(c2ccc(Cl)c(Cl)c2)N1. The Morgan fingerprint density at radius 3 is 2.58 bits per heavy atom. The van der Waals surface area contributed by atoms with Crippen molar-refractivity contribution in [1.29, 1.82) is 0 Å². The van der Waals surface area contributed by atoms with E-state index in [9.17, 15) is 9.59 Å². The van der Waals surface area contributed by atoms with Gasteiger partial charge in [0, 0.05) is 13.1 Å². The zero-order valence-corrected chi connectivity index (χ0v) is 15.7. The molecule has 0 aliphatic carbocycles. The minimum atomic E-state index is -0.516. The van der Waals surface area contributed by atoms with Gasteiger partial charge in [0.2, 0.25) is 0 Å². The standard InChI is InChI=1S/C18H20Cl2N4O2/c19-12-4-3-11(9-13(12)20)16-15-14(21-18(26)22-16)10-24(17(15)25)8-7-23-5-1-2-6-23/h3-4,9,16H,1-2,5-8,10H2,(H2,21,22,26). The highest BCUT2D eigenvalue weighted by molar-refractivity contribution is 6.42. The summed E-state index contributed by atoms with van der Waals surface area (Å²) in [5.74, 6) is -0.0391. The molecule has 26 heavy (non-hydrogen) atoms. The lowest BCUT2D eigenvalue weighted by atomic mass is 9.96. The van der Waals surface area contributed by atoms with E-state index >= 15 is 0 Å². The highest BCUT2D eigenvalue weighted by Gasteiger charge is 2.40.